The standard InChI is InChI=1S/C21H25F3N2O3/c1-14(25-26(3)4)13-20(27)15(2)28-17-9-11-19(12-10-17)29-18-7-5-16(6-8-18)21(22,23)24/h5-12,15,20,27H,13H2,1-4H3/b25-14+. The summed E-state index contributed by atoms with van der Waals surface area (Å²) in [6, 6.07) is 11.1. The molecule has 158 valence electrons. The molecule has 0 heterocycles. The van der Waals surface area contributed by atoms with E-state index in [0.29, 0.717) is 23.7 Å². The van der Waals surface area contributed by atoms with Crippen molar-refractivity contribution in [3.05, 3.63) is 54.1 Å². The second-order valence-electron chi connectivity index (χ2n) is 6.87. The van der Waals surface area contributed by atoms with Crippen LogP contribution in [0.3, 0.4) is 0 Å². The van der Waals surface area contributed by atoms with Crippen molar-refractivity contribution in [1.82, 2.24) is 5.01 Å². The van der Waals surface area contributed by atoms with Crippen molar-refractivity contribution in [3.63, 3.8) is 0 Å². The Morgan fingerprint density at radius 2 is 1.48 bits per heavy atom. The molecular formula is C21H25F3N2O3. The topological polar surface area (TPSA) is 54.3 Å². The number of aliphatic hydroxyl groups excluding tert-OH is 1. The van der Waals surface area contributed by atoms with E-state index >= 15 is 0 Å². The Hall–Kier alpha value is -2.74. The lowest BCUT2D eigenvalue weighted by Crippen LogP contribution is -2.30. The fourth-order valence-electron chi connectivity index (χ4n) is 2.58. The molecule has 29 heavy (non-hydrogen) atoms. The monoisotopic (exact) mass is 410 g/mol. The summed E-state index contributed by atoms with van der Waals surface area (Å²) in [6.07, 6.45) is -5.17. The SMILES string of the molecule is C/C(CC(O)C(C)Oc1ccc(Oc2ccc(C(F)(F)F)cc2)cc1)=N\N(C)C. The van der Waals surface area contributed by atoms with Crippen molar-refractivity contribution in [3.8, 4) is 17.2 Å². The summed E-state index contributed by atoms with van der Waals surface area (Å²) in [7, 11) is 3.62. The molecule has 0 aliphatic rings. The molecule has 0 fully saturated rings. The quantitative estimate of drug-likeness (QED) is 0.494. The van der Waals surface area contributed by atoms with Crippen LogP contribution in [0.15, 0.2) is 53.6 Å². The second kappa shape index (κ2) is 9.65. The maximum atomic E-state index is 12.6. The Labute approximate surface area is 168 Å². The van der Waals surface area contributed by atoms with Crippen LogP contribution in [0.1, 0.15) is 25.8 Å². The number of aliphatic hydroxyl groups is 1. The van der Waals surface area contributed by atoms with E-state index in [1.165, 1.54) is 12.1 Å². The maximum absolute atomic E-state index is 12.6. The normalized spacial score (nSPS) is 14.3. The predicted octanol–water partition coefficient (Wildman–Crippen LogP) is 4.95. The molecule has 2 aromatic carbocycles. The molecule has 0 spiro atoms. The van der Waals surface area contributed by atoms with Gasteiger partial charge >= 0.3 is 6.18 Å². The van der Waals surface area contributed by atoms with Crippen molar-refractivity contribution in [2.45, 2.75) is 38.7 Å². The number of ether oxygens (including phenoxy) is 2. The first kappa shape index (κ1) is 22.5. The zero-order chi connectivity index (χ0) is 21.6. The first-order valence-corrected chi connectivity index (χ1v) is 9.06. The molecule has 2 unspecified atom stereocenters. The Morgan fingerprint density at radius 1 is 1.00 bits per heavy atom. The maximum Gasteiger partial charge on any atom is 0.416 e. The van der Waals surface area contributed by atoms with E-state index in [9.17, 15) is 18.3 Å². The lowest BCUT2D eigenvalue weighted by molar-refractivity contribution is -0.137. The molecule has 0 aromatic heterocycles. The Morgan fingerprint density at radius 3 is 1.97 bits per heavy atom. The predicted molar refractivity (Wildman–Crippen MR) is 105 cm³/mol. The van der Waals surface area contributed by atoms with Crippen LogP contribution in [0.2, 0.25) is 0 Å². The van der Waals surface area contributed by atoms with Crippen molar-refractivity contribution >= 4 is 5.71 Å². The van der Waals surface area contributed by atoms with Crippen LogP contribution in [0.5, 0.6) is 17.2 Å². The van der Waals surface area contributed by atoms with Crippen LogP contribution in [-0.4, -0.2) is 42.1 Å². The summed E-state index contributed by atoms with van der Waals surface area (Å²) in [5.41, 5.74) is 0.0604. The molecule has 1 N–H and O–H groups in total. The Balaban J connectivity index is 1.92. The number of hydrogen-bond donors (Lipinski definition) is 1. The largest absolute Gasteiger partial charge is 0.488 e. The van der Waals surface area contributed by atoms with Crippen LogP contribution >= 0.6 is 0 Å². The number of halogens is 3. The van der Waals surface area contributed by atoms with Gasteiger partial charge in [0.25, 0.3) is 0 Å². The minimum atomic E-state index is -4.38. The highest BCUT2D eigenvalue weighted by Gasteiger charge is 2.30. The number of rotatable bonds is 8. The van der Waals surface area contributed by atoms with E-state index in [2.05, 4.69) is 5.10 Å². The van der Waals surface area contributed by atoms with Crippen LogP contribution in [0.4, 0.5) is 13.2 Å². The molecule has 2 aromatic rings. The third kappa shape index (κ3) is 7.30. The molecule has 0 bridgehead atoms. The van der Waals surface area contributed by atoms with Crippen LogP contribution < -0.4 is 9.47 Å². The first-order chi connectivity index (χ1) is 13.5. The van der Waals surface area contributed by atoms with Gasteiger partial charge in [-0.25, -0.2) is 0 Å². The average molecular weight is 410 g/mol. The first-order valence-electron chi connectivity index (χ1n) is 9.06. The van der Waals surface area contributed by atoms with Gasteiger partial charge in [0.1, 0.15) is 23.4 Å². The smallest absolute Gasteiger partial charge is 0.416 e. The number of benzene rings is 2. The minimum Gasteiger partial charge on any atom is -0.488 e. The van der Waals surface area contributed by atoms with Gasteiger partial charge < -0.3 is 19.6 Å². The summed E-state index contributed by atoms with van der Waals surface area (Å²) < 4.78 is 49.1. The van der Waals surface area contributed by atoms with E-state index in [1.54, 1.807) is 36.2 Å². The summed E-state index contributed by atoms with van der Waals surface area (Å²) in [4.78, 5) is 0. The van der Waals surface area contributed by atoms with Crippen LogP contribution in [0, 0.1) is 0 Å². The van der Waals surface area contributed by atoms with Crippen LogP contribution in [0.25, 0.3) is 0 Å². The molecule has 8 heteroatoms. The van der Waals surface area contributed by atoms with Gasteiger partial charge in [-0.05, 0) is 62.4 Å². The highest BCUT2D eigenvalue weighted by atomic mass is 19.4. The lowest BCUT2D eigenvalue weighted by Gasteiger charge is -2.21. The fraction of sp³-hybridized carbons (Fsp3) is 0.381. The summed E-state index contributed by atoms with van der Waals surface area (Å²) >= 11 is 0. The molecule has 2 atom stereocenters. The molecule has 0 aliphatic carbocycles. The van der Waals surface area contributed by atoms with Gasteiger partial charge in [-0.15, -0.1) is 0 Å². The van der Waals surface area contributed by atoms with E-state index < -0.39 is 23.9 Å². The third-order valence-corrected chi connectivity index (χ3v) is 3.98. The third-order valence-electron chi connectivity index (χ3n) is 3.98. The number of alkyl halides is 3. The molecule has 0 radical (unpaired) electrons. The second-order valence-corrected chi connectivity index (χ2v) is 6.87. The van der Waals surface area contributed by atoms with E-state index in [0.717, 1.165) is 17.8 Å². The van der Waals surface area contributed by atoms with E-state index in [4.69, 9.17) is 9.47 Å². The number of hydrogen-bond acceptors (Lipinski definition) is 5. The van der Waals surface area contributed by atoms with Crippen molar-refractivity contribution < 1.29 is 27.8 Å². The average Bonchev–Trinajstić information content (AvgIpc) is 2.62. The molecule has 0 saturated heterocycles. The molecule has 0 amide bonds. The van der Waals surface area contributed by atoms with Gasteiger partial charge in [0.2, 0.25) is 0 Å². The van der Waals surface area contributed by atoms with Gasteiger partial charge in [0, 0.05) is 26.2 Å². The van der Waals surface area contributed by atoms with Crippen LogP contribution in [-0.2, 0) is 6.18 Å². The zero-order valence-electron chi connectivity index (χ0n) is 16.8. The van der Waals surface area contributed by atoms with Gasteiger partial charge in [-0.2, -0.15) is 18.3 Å². The van der Waals surface area contributed by atoms with Gasteiger partial charge in [-0.3, -0.25) is 0 Å². The Bertz CT molecular complexity index is 803. The highest BCUT2D eigenvalue weighted by molar-refractivity contribution is 5.82. The molecule has 0 saturated carbocycles. The lowest BCUT2D eigenvalue weighted by atomic mass is 10.1. The van der Waals surface area contributed by atoms with Crippen molar-refractivity contribution in [2.24, 2.45) is 5.10 Å². The van der Waals surface area contributed by atoms with Gasteiger partial charge in [0.05, 0.1) is 11.7 Å². The van der Waals surface area contributed by atoms with Crippen molar-refractivity contribution in [1.29, 1.82) is 0 Å². The summed E-state index contributed by atoms with van der Waals surface area (Å²) in [5.74, 6) is 1.30. The van der Waals surface area contributed by atoms with Gasteiger partial charge in [0.15, 0.2) is 0 Å². The van der Waals surface area contributed by atoms with E-state index in [-0.39, 0.29) is 0 Å². The van der Waals surface area contributed by atoms with E-state index in [1.807, 2.05) is 21.0 Å². The van der Waals surface area contributed by atoms with Crippen molar-refractivity contribution in [2.75, 3.05) is 14.1 Å². The molecule has 0 aliphatic heterocycles. The number of nitrogens with zero attached hydrogens (tertiary/aromatic N) is 2. The zero-order valence-corrected chi connectivity index (χ0v) is 16.8. The van der Waals surface area contributed by atoms with Gasteiger partial charge in [-0.1, -0.05) is 0 Å². The highest BCUT2D eigenvalue weighted by Crippen LogP contribution is 2.31. The number of hydrazone groups is 1. The summed E-state index contributed by atoms with van der Waals surface area (Å²) in [5, 5.41) is 16.2. The molecule has 2 rings (SSSR count). The molecule has 5 nitrogen and oxygen atoms in total. The Kier molecular flexibility index (Phi) is 7.50. The summed E-state index contributed by atoms with van der Waals surface area (Å²) in [6.45, 7) is 3.60. The molecular weight excluding hydrogens is 385 g/mol. The fourth-order valence-corrected chi connectivity index (χ4v) is 2.58. The minimum absolute atomic E-state index is 0.297.